The lowest BCUT2D eigenvalue weighted by atomic mass is 10.1. The molecule has 0 amide bonds. The number of carbonyl (C=O) groups excluding carboxylic acids is 1. The maximum atomic E-state index is 12.5. The zero-order valence-corrected chi connectivity index (χ0v) is 12.8. The van der Waals surface area contributed by atoms with Gasteiger partial charge in [-0.25, -0.2) is 4.79 Å². The highest BCUT2D eigenvalue weighted by atomic mass is 31.2. The monoisotopic (exact) mass is 301 g/mol. The molecular formula is C13H20NO5P. The van der Waals surface area contributed by atoms with E-state index in [0.717, 1.165) is 0 Å². The minimum Gasteiger partial charge on any atom is -0.465 e. The predicted molar refractivity (Wildman–Crippen MR) is 75.6 cm³/mol. The molecule has 112 valence electrons. The summed E-state index contributed by atoms with van der Waals surface area (Å²) in [4.78, 5) is 11.3. The first kappa shape index (κ1) is 16.9. The van der Waals surface area contributed by atoms with Crippen LogP contribution in [0.2, 0.25) is 0 Å². The molecule has 0 unspecified atom stereocenters. The number of hydrogen-bond donors (Lipinski definition) is 1. The van der Waals surface area contributed by atoms with Crippen LogP contribution in [0.3, 0.4) is 0 Å². The molecule has 0 heterocycles. The van der Waals surface area contributed by atoms with Gasteiger partial charge in [-0.3, -0.25) is 4.57 Å². The van der Waals surface area contributed by atoms with Crippen LogP contribution in [-0.2, 0) is 18.3 Å². The SMILES string of the molecule is CCOP(=O)(OCC)[C@H](N)c1ccc(C(=O)OC)cc1. The van der Waals surface area contributed by atoms with Gasteiger partial charge in [0.05, 0.1) is 25.9 Å². The Balaban J connectivity index is 2.98. The largest absolute Gasteiger partial charge is 0.465 e. The molecule has 0 aliphatic carbocycles. The molecule has 0 aliphatic heterocycles. The van der Waals surface area contributed by atoms with Crippen LogP contribution in [-0.4, -0.2) is 26.3 Å². The first-order valence-electron chi connectivity index (χ1n) is 6.31. The third-order valence-corrected chi connectivity index (χ3v) is 4.85. The molecule has 0 saturated carbocycles. The quantitative estimate of drug-likeness (QED) is 0.615. The Hall–Kier alpha value is -1.20. The fourth-order valence-corrected chi connectivity index (χ4v) is 3.33. The Labute approximate surface area is 118 Å². The Bertz CT molecular complexity index is 478. The van der Waals surface area contributed by atoms with Crippen molar-refractivity contribution in [3.8, 4) is 0 Å². The van der Waals surface area contributed by atoms with E-state index in [1.54, 1.807) is 38.1 Å². The van der Waals surface area contributed by atoms with Gasteiger partial charge in [-0.2, -0.15) is 0 Å². The molecule has 0 aliphatic rings. The van der Waals surface area contributed by atoms with E-state index in [-0.39, 0.29) is 13.2 Å². The summed E-state index contributed by atoms with van der Waals surface area (Å²) in [7, 11) is -2.11. The summed E-state index contributed by atoms with van der Waals surface area (Å²) in [6.07, 6.45) is 0. The fraction of sp³-hybridized carbons (Fsp3) is 0.462. The Morgan fingerprint density at radius 2 is 1.70 bits per heavy atom. The molecule has 1 rings (SSSR count). The fourth-order valence-electron chi connectivity index (χ4n) is 1.67. The van der Waals surface area contributed by atoms with Gasteiger partial charge in [0, 0.05) is 0 Å². The van der Waals surface area contributed by atoms with Gasteiger partial charge < -0.3 is 19.5 Å². The van der Waals surface area contributed by atoms with Crippen LogP contribution in [0.1, 0.15) is 35.6 Å². The van der Waals surface area contributed by atoms with E-state index >= 15 is 0 Å². The standard InChI is InChI=1S/C13H20NO5P/c1-4-18-20(16,19-5-2)12(14)10-6-8-11(9-7-10)13(15)17-3/h6-9,12H,4-5,14H2,1-3H3/t12-/m0/s1. The first-order valence-corrected chi connectivity index (χ1v) is 7.92. The summed E-state index contributed by atoms with van der Waals surface area (Å²) in [5, 5.41) is 0. The van der Waals surface area contributed by atoms with E-state index in [9.17, 15) is 9.36 Å². The van der Waals surface area contributed by atoms with Gasteiger partial charge >= 0.3 is 13.6 Å². The number of esters is 1. The van der Waals surface area contributed by atoms with Crippen LogP contribution in [0.25, 0.3) is 0 Å². The van der Waals surface area contributed by atoms with E-state index in [1.165, 1.54) is 7.11 Å². The lowest BCUT2D eigenvalue weighted by Crippen LogP contribution is -2.15. The summed E-state index contributed by atoms with van der Waals surface area (Å²) in [5.41, 5.74) is 6.94. The van der Waals surface area contributed by atoms with Crippen LogP contribution in [0.15, 0.2) is 24.3 Å². The van der Waals surface area contributed by atoms with E-state index in [2.05, 4.69) is 4.74 Å². The molecule has 1 atom stereocenters. The van der Waals surface area contributed by atoms with Gasteiger partial charge in [0.2, 0.25) is 0 Å². The van der Waals surface area contributed by atoms with Crippen molar-refractivity contribution in [2.75, 3.05) is 20.3 Å². The number of rotatable bonds is 7. The van der Waals surface area contributed by atoms with Crippen molar-refractivity contribution in [3.05, 3.63) is 35.4 Å². The van der Waals surface area contributed by atoms with Gasteiger partial charge in [0.15, 0.2) is 0 Å². The highest BCUT2D eigenvalue weighted by molar-refractivity contribution is 7.54. The zero-order chi connectivity index (χ0) is 15.2. The van der Waals surface area contributed by atoms with Crippen molar-refractivity contribution in [1.82, 2.24) is 0 Å². The molecule has 0 fully saturated rings. The molecule has 2 N–H and O–H groups in total. The van der Waals surface area contributed by atoms with Crippen molar-refractivity contribution in [2.24, 2.45) is 5.73 Å². The molecule has 0 saturated heterocycles. The van der Waals surface area contributed by atoms with Gasteiger partial charge in [-0.15, -0.1) is 0 Å². The number of nitrogens with two attached hydrogens (primary N) is 1. The second kappa shape index (κ2) is 7.55. The van der Waals surface area contributed by atoms with Crippen LogP contribution in [0.5, 0.6) is 0 Å². The molecule has 7 heteroatoms. The third-order valence-electron chi connectivity index (χ3n) is 2.63. The molecule has 1 aromatic carbocycles. The van der Waals surface area contributed by atoms with Gasteiger partial charge in [-0.1, -0.05) is 12.1 Å². The third kappa shape index (κ3) is 3.90. The Morgan fingerprint density at radius 3 is 2.10 bits per heavy atom. The summed E-state index contributed by atoms with van der Waals surface area (Å²) in [6, 6.07) is 6.34. The van der Waals surface area contributed by atoms with Crippen LogP contribution < -0.4 is 5.73 Å². The highest BCUT2D eigenvalue weighted by Crippen LogP contribution is 2.58. The van der Waals surface area contributed by atoms with Crippen molar-refractivity contribution in [1.29, 1.82) is 0 Å². The molecule has 6 nitrogen and oxygen atoms in total. The summed E-state index contributed by atoms with van der Waals surface area (Å²) < 4.78 is 27.5. The Kier molecular flexibility index (Phi) is 6.36. The average molecular weight is 301 g/mol. The van der Waals surface area contributed by atoms with Crippen LogP contribution in [0, 0.1) is 0 Å². The van der Waals surface area contributed by atoms with Crippen molar-refractivity contribution < 1.29 is 23.1 Å². The number of methoxy groups -OCH3 is 1. The van der Waals surface area contributed by atoms with Gasteiger partial charge in [0.1, 0.15) is 5.78 Å². The predicted octanol–water partition coefficient (Wildman–Crippen LogP) is 2.70. The molecule has 1 aromatic rings. The molecule has 0 bridgehead atoms. The molecule has 0 spiro atoms. The zero-order valence-electron chi connectivity index (χ0n) is 11.9. The number of ether oxygens (including phenoxy) is 1. The number of benzene rings is 1. The minimum atomic E-state index is -3.42. The smallest absolute Gasteiger partial charge is 0.351 e. The lowest BCUT2D eigenvalue weighted by Gasteiger charge is -2.23. The van der Waals surface area contributed by atoms with E-state index in [0.29, 0.717) is 11.1 Å². The van der Waals surface area contributed by atoms with Crippen molar-refractivity contribution in [3.63, 3.8) is 0 Å². The normalized spacial score (nSPS) is 13.0. The van der Waals surface area contributed by atoms with E-state index in [4.69, 9.17) is 14.8 Å². The minimum absolute atomic E-state index is 0.241. The molecule has 0 aromatic heterocycles. The molecular weight excluding hydrogens is 281 g/mol. The summed E-state index contributed by atoms with van der Waals surface area (Å²) in [5.74, 6) is -1.34. The lowest BCUT2D eigenvalue weighted by molar-refractivity contribution is 0.0600. The number of carbonyl (C=O) groups is 1. The average Bonchev–Trinajstić information content (AvgIpc) is 2.46. The second-order valence-electron chi connectivity index (χ2n) is 3.93. The number of hydrogen-bond acceptors (Lipinski definition) is 6. The van der Waals surface area contributed by atoms with E-state index in [1.807, 2.05) is 0 Å². The van der Waals surface area contributed by atoms with Gasteiger partial charge in [-0.05, 0) is 31.5 Å². The highest BCUT2D eigenvalue weighted by Gasteiger charge is 2.33. The van der Waals surface area contributed by atoms with E-state index < -0.39 is 19.3 Å². The molecule has 20 heavy (non-hydrogen) atoms. The summed E-state index contributed by atoms with van der Waals surface area (Å²) >= 11 is 0. The second-order valence-corrected chi connectivity index (χ2v) is 6.09. The Morgan fingerprint density at radius 1 is 1.20 bits per heavy atom. The van der Waals surface area contributed by atoms with Gasteiger partial charge in [0.25, 0.3) is 0 Å². The first-order chi connectivity index (χ1) is 9.48. The molecule has 0 radical (unpaired) electrons. The maximum absolute atomic E-state index is 12.5. The van der Waals surface area contributed by atoms with Crippen molar-refractivity contribution >= 4 is 13.6 Å². The van der Waals surface area contributed by atoms with Crippen molar-refractivity contribution in [2.45, 2.75) is 19.6 Å². The summed E-state index contributed by atoms with van der Waals surface area (Å²) in [6.45, 7) is 3.92. The topological polar surface area (TPSA) is 87.9 Å². The van der Waals surface area contributed by atoms with Crippen LogP contribution in [0.4, 0.5) is 0 Å². The van der Waals surface area contributed by atoms with Crippen LogP contribution >= 0.6 is 7.60 Å². The maximum Gasteiger partial charge on any atom is 0.351 e.